The number of nitrogens with zero attached hydrogens (tertiary/aromatic N) is 2. The van der Waals surface area contributed by atoms with Gasteiger partial charge in [-0.25, -0.2) is 14.5 Å². The summed E-state index contributed by atoms with van der Waals surface area (Å²) >= 11 is 0. The predicted molar refractivity (Wildman–Crippen MR) is 117 cm³/mol. The van der Waals surface area contributed by atoms with Crippen LogP contribution in [0.3, 0.4) is 0 Å². The number of hydrogen-bond donors (Lipinski definition) is 1. The molecule has 9 nitrogen and oxygen atoms in total. The van der Waals surface area contributed by atoms with Crippen LogP contribution in [0.1, 0.15) is 22.3 Å². The third kappa shape index (κ3) is 4.94. The molecule has 0 saturated carbocycles. The number of benzene rings is 2. The molecule has 1 aliphatic heterocycles. The SMILES string of the molecule is COCCN1C(=O)N(c2cccc(C)c2)C(=O)[C@@H]1CC(=O)Nc1ccc(C(=O)OC)cc1. The van der Waals surface area contributed by atoms with Gasteiger partial charge in [-0.15, -0.1) is 0 Å². The predicted octanol–water partition coefficient (Wildman–Crippen LogP) is 2.59. The summed E-state index contributed by atoms with van der Waals surface area (Å²) in [6.45, 7) is 2.27. The van der Waals surface area contributed by atoms with Crippen LogP contribution in [0.25, 0.3) is 0 Å². The molecule has 32 heavy (non-hydrogen) atoms. The third-order valence-corrected chi connectivity index (χ3v) is 5.08. The lowest BCUT2D eigenvalue weighted by molar-refractivity contribution is -0.124. The Kier molecular flexibility index (Phi) is 7.21. The number of carbonyl (C=O) groups is 4. The van der Waals surface area contributed by atoms with E-state index in [0.29, 0.717) is 16.9 Å². The Hall–Kier alpha value is -3.72. The molecule has 168 valence electrons. The van der Waals surface area contributed by atoms with Crippen molar-refractivity contribution in [3.8, 4) is 0 Å². The smallest absolute Gasteiger partial charge is 0.337 e. The van der Waals surface area contributed by atoms with Gasteiger partial charge in [0.15, 0.2) is 0 Å². The van der Waals surface area contributed by atoms with Gasteiger partial charge in [0.05, 0.1) is 31.4 Å². The van der Waals surface area contributed by atoms with E-state index in [1.807, 2.05) is 13.0 Å². The second-order valence-electron chi connectivity index (χ2n) is 7.32. The molecular formula is C23H25N3O6. The van der Waals surface area contributed by atoms with Crippen molar-refractivity contribution in [3.05, 3.63) is 59.7 Å². The lowest BCUT2D eigenvalue weighted by Crippen LogP contribution is -2.39. The average molecular weight is 439 g/mol. The molecule has 2 aromatic carbocycles. The minimum atomic E-state index is -0.951. The lowest BCUT2D eigenvalue weighted by atomic mass is 10.1. The fourth-order valence-electron chi connectivity index (χ4n) is 3.48. The van der Waals surface area contributed by atoms with Crippen molar-refractivity contribution in [3.63, 3.8) is 0 Å². The molecule has 0 spiro atoms. The molecule has 0 aromatic heterocycles. The highest BCUT2D eigenvalue weighted by Gasteiger charge is 2.46. The molecule has 1 N–H and O–H groups in total. The first-order valence-electron chi connectivity index (χ1n) is 10.0. The summed E-state index contributed by atoms with van der Waals surface area (Å²) in [5, 5.41) is 2.70. The van der Waals surface area contributed by atoms with Gasteiger partial charge >= 0.3 is 12.0 Å². The number of anilines is 2. The van der Waals surface area contributed by atoms with Crippen LogP contribution >= 0.6 is 0 Å². The molecular weight excluding hydrogens is 414 g/mol. The maximum absolute atomic E-state index is 13.1. The van der Waals surface area contributed by atoms with Gasteiger partial charge < -0.3 is 19.7 Å². The van der Waals surface area contributed by atoms with Gasteiger partial charge in [0.25, 0.3) is 5.91 Å². The number of hydrogen-bond acceptors (Lipinski definition) is 6. The Morgan fingerprint density at radius 1 is 1.06 bits per heavy atom. The maximum atomic E-state index is 13.1. The number of amides is 4. The normalized spacial score (nSPS) is 15.8. The number of nitrogens with one attached hydrogen (secondary N) is 1. The van der Waals surface area contributed by atoms with Gasteiger partial charge in [0.1, 0.15) is 6.04 Å². The Morgan fingerprint density at radius 2 is 1.78 bits per heavy atom. The average Bonchev–Trinajstić information content (AvgIpc) is 3.01. The van der Waals surface area contributed by atoms with E-state index in [9.17, 15) is 19.2 Å². The highest BCUT2D eigenvalue weighted by Crippen LogP contribution is 2.27. The van der Waals surface area contributed by atoms with Crippen LogP contribution in [0.2, 0.25) is 0 Å². The molecule has 2 aromatic rings. The molecule has 1 aliphatic rings. The highest BCUT2D eigenvalue weighted by molar-refractivity contribution is 6.22. The van der Waals surface area contributed by atoms with Crippen molar-refractivity contribution in [2.75, 3.05) is 37.6 Å². The molecule has 0 radical (unpaired) electrons. The molecule has 9 heteroatoms. The number of urea groups is 1. The first-order valence-corrected chi connectivity index (χ1v) is 10.0. The van der Waals surface area contributed by atoms with E-state index < -0.39 is 29.9 Å². The first-order chi connectivity index (χ1) is 15.3. The van der Waals surface area contributed by atoms with Crippen LogP contribution in [-0.4, -0.2) is 62.1 Å². The fourth-order valence-corrected chi connectivity index (χ4v) is 3.48. The van der Waals surface area contributed by atoms with Gasteiger partial charge in [-0.2, -0.15) is 0 Å². The summed E-state index contributed by atoms with van der Waals surface area (Å²) in [7, 11) is 2.79. The number of carbonyl (C=O) groups excluding carboxylic acids is 4. The zero-order chi connectivity index (χ0) is 23.3. The largest absolute Gasteiger partial charge is 0.465 e. The number of aryl methyl sites for hydroxylation is 1. The zero-order valence-corrected chi connectivity index (χ0v) is 18.2. The summed E-state index contributed by atoms with van der Waals surface area (Å²) in [4.78, 5) is 52.8. The van der Waals surface area contributed by atoms with E-state index >= 15 is 0 Å². The van der Waals surface area contributed by atoms with Crippen LogP contribution < -0.4 is 10.2 Å². The first kappa shape index (κ1) is 23.0. The standard InChI is InChI=1S/C23H25N3O6/c1-15-5-4-6-18(13-15)26-21(28)19(25(23(26)30)11-12-31-2)14-20(27)24-17-9-7-16(8-10-17)22(29)32-3/h4-10,13,19H,11-12,14H2,1-3H3,(H,24,27)/t19-/m0/s1. The van der Waals surface area contributed by atoms with Crippen LogP contribution in [0.4, 0.5) is 16.2 Å². The summed E-state index contributed by atoms with van der Waals surface area (Å²) < 4.78 is 9.72. The van der Waals surface area contributed by atoms with Crippen molar-refractivity contribution < 1.29 is 28.7 Å². The molecule has 1 atom stereocenters. The topological polar surface area (TPSA) is 105 Å². The zero-order valence-electron chi connectivity index (χ0n) is 18.2. The van der Waals surface area contributed by atoms with Crippen molar-refractivity contribution >= 4 is 35.2 Å². The van der Waals surface area contributed by atoms with Crippen LogP contribution in [0, 0.1) is 6.92 Å². The monoisotopic (exact) mass is 439 g/mol. The Labute approximate surface area is 185 Å². The number of methoxy groups -OCH3 is 2. The van der Waals surface area contributed by atoms with Gasteiger partial charge in [0.2, 0.25) is 5.91 Å². The molecule has 1 saturated heterocycles. The molecule has 1 fully saturated rings. The summed E-state index contributed by atoms with van der Waals surface area (Å²) in [6, 6.07) is 11.8. The minimum Gasteiger partial charge on any atom is -0.465 e. The Balaban J connectivity index is 1.76. The van der Waals surface area contributed by atoms with Gasteiger partial charge in [-0.1, -0.05) is 12.1 Å². The van der Waals surface area contributed by atoms with E-state index in [2.05, 4.69) is 10.1 Å². The quantitative estimate of drug-likeness (QED) is 0.501. The summed E-state index contributed by atoms with van der Waals surface area (Å²) in [5.41, 5.74) is 2.17. The van der Waals surface area contributed by atoms with Gasteiger partial charge in [-0.05, 0) is 48.9 Å². The lowest BCUT2D eigenvalue weighted by Gasteiger charge is -2.21. The molecule has 0 aliphatic carbocycles. The van der Waals surface area contributed by atoms with Crippen molar-refractivity contribution in [2.45, 2.75) is 19.4 Å². The van der Waals surface area contributed by atoms with E-state index in [1.54, 1.807) is 30.3 Å². The number of rotatable bonds is 8. The molecule has 0 bridgehead atoms. The molecule has 3 rings (SSSR count). The number of esters is 1. The molecule has 0 unspecified atom stereocenters. The van der Waals surface area contributed by atoms with Crippen LogP contribution in [0.5, 0.6) is 0 Å². The Morgan fingerprint density at radius 3 is 2.41 bits per heavy atom. The van der Waals surface area contributed by atoms with Crippen molar-refractivity contribution in [2.24, 2.45) is 0 Å². The van der Waals surface area contributed by atoms with Gasteiger partial charge in [-0.3, -0.25) is 9.59 Å². The van der Waals surface area contributed by atoms with E-state index in [1.165, 1.54) is 31.3 Å². The maximum Gasteiger partial charge on any atom is 0.337 e. The second kappa shape index (κ2) is 10.1. The van der Waals surface area contributed by atoms with E-state index in [0.717, 1.165) is 10.5 Å². The van der Waals surface area contributed by atoms with Gasteiger partial charge in [0, 0.05) is 19.3 Å². The van der Waals surface area contributed by atoms with Crippen molar-refractivity contribution in [1.82, 2.24) is 4.90 Å². The minimum absolute atomic E-state index is 0.176. The molecule has 4 amide bonds. The van der Waals surface area contributed by atoms with Crippen LogP contribution in [-0.2, 0) is 19.1 Å². The number of imide groups is 1. The van der Waals surface area contributed by atoms with Crippen molar-refractivity contribution in [1.29, 1.82) is 0 Å². The summed E-state index contributed by atoms with van der Waals surface area (Å²) in [5.74, 6) is -1.38. The van der Waals surface area contributed by atoms with Crippen LogP contribution in [0.15, 0.2) is 48.5 Å². The summed E-state index contributed by atoms with van der Waals surface area (Å²) in [6.07, 6.45) is -0.213. The highest BCUT2D eigenvalue weighted by atomic mass is 16.5. The van der Waals surface area contributed by atoms with E-state index in [4.69, 9.17) is 4.74 Å². The molecule has 1 heterocycles. The number of ether oxygens (including phenoxy) is 2. The second-order valence-corrected chi connectivity index (χ2v) is 7.32. The van der Waals surface area contributed by atoms with E-state index in [-0.39, 0.29) is 19.6 Å². The fraction of sp³-hybridized carbons (Fsp3) is 0.304. The third-order valence-electron chi connectivity index (χ3n) is 5.08. The Bertz CT molecular complexity index is 1020.